The summed E-state index contributed by atoms with van der Waals surface area (Å²) in [5.41, 5.74) is 1.04. The van der Waals surface area contributed by atoms with Crippen molar-refractivity contribution in [2.45, 2.75) is 31.8 Å². The van der Waals surface area contributed by atoms with E-state index in [1.165, 1.54) is 0 Å². The largest absolute Gasteiger partial charge is 0.390 e. The predicted octanol–water partition coefficient (Wildman–Crippen LogP) is 1.38. The van der Waals surface area contributed by atoms with Gasteiger partial charge in [-0.25, -0.2) is 0 Å². The van der Waals surface area contributed by atoms with Crippen LogP contribution < -0.4 is 5.32 Å². The summed E-state index contributed by atoms with van der Waals surface area (Å²) in [5, 5.41) is 13.0. The number of rotatable bonds is 8. The zero-order valence-electron chi connectivity index (χ0n) is 13.9. The Balaban J connectivity index is 1.81. The summed E-state index contributed by atoms with van der Waals surface area (Å²) in [6.45, 7) is 6.06. The lowest BCUT2D eigenvalue weighted by atomic mass is 9.93. The summed E-state index contributed by atoms with van der Waals surface area (Å²) in [7, 11) is 0. The first-order chi connectivity index (χ1) is 11.2. The van der Waals surface area contributed by atoms with Crippen molar-refractivity contribution in [2.24, 2.45) is 0 Å². The molecule has 1 amide bonds. The normalized spacial score (nSPS) is 18.3. The number of β-amino-alcohol motifs (C(OH)–C–C–N with tert-alkyl or cyclic N) is 1. The average Bonchev–Trinajstić information content (AvgIpc) is 2.59. The van der Waals surface area contributed by atoms with Crippen LogP contribution in [0, 0.1) is 0 Å². The summed E-state index contributed by atoms with van der Waals surface area (Å²) in [6.07, 6.45) is 1.22. The molecule has 1 fully saturated rings. The second kappa shape index (κ2) is 9.65. The molecule has 1 aliphatic rings. The fraction of sp³-hybridized carbons (Fsp3) is 0.611. The highest BCUT2D eigenvalue weighted by molar-refractivity contribution is 5.83. The van der Waals surface area contributed by atoms with Gasteiger partial charge in [0.25, 0.3) is 0 Å². The molecule has 0 bridgehead atoms. The van der Waals surface area contributed by atoms with Crippen LogP contribution in [-0.4, -0.2) is 61.4 Å². The summed E-state index contributed by atoms with van der Waals surface area (Å²) >= 11 is 0. The van der Waals surface area contributed by atoms with E-state index in [0.717, 1.165) is 31.5 Å². The predicted molar refractivity (Wildman–Crippen MR) is 90.4 cm³/mol. The highest BCUT2D eigenvalue weighted by Crippen LogP contribution is 2.21. The lowest BCUT2D eigenvalue weighted by Crippen LogP contribution is -2.45. The van der Waals surface area contributed by atoms with Crippen LogP contribution in [0.2, 0.25) is 0 Å². The van der Waals surface area contributed by atoms with Crippen LogP contribution in [0.1, 0.15) is 31.2 Å². The molecule has 1 saturated heterocycles. The zero-order valence-corrected chi connectivity index (χ0v) is 13.9. The maximum Gasteiger partial charge on any atom is 0.227 e. The topological polar surface area (TPSA) is 61.8 Å². The van der Waals surface area contributed by atoms with Gasteiger partial charge in [0.05, 0.1) is 25.2 Å². The van der Waals surface area contributed by atoms with E-state index < -0.39 is 6.10 Å². The summed E-state index contributed by atoms with van der Waals surface area (Å²) in [4.78, 5) is 14.6. The summed E-state index contributed by atoms with van der Waals surface area (Å²) < 4.78 is 5.29. The molecule has 0 aliphatic carbocycles. The zero-order chi connectivity index (χ0) is 16.5. The molecule has 2 N–H and O–H groups in total. The number of hydrogen-bond acceptors (Lipinski definition) is 4. The van der Waals surface area contributed by atoms with Crippen molar-refractivity contribution in [2.75, 3.05) is 39.4 Å². The number of benzene rings is 1. The molecule has 2 rings (SSSR count). The number of amides is 1. The van der Waals surface area contributed by atoms with E-state index in [0.29, 0.717) is 26.3 Å². The van der Waals surface area contributed by atoms with Gasteiger partial charge in [0.2, 0.25) is 5.91 Å². The maximum absolute atomic E-state index is 12.5. The molecule has 1 aliphatic heterocycles. The molecule has 0 aromatic heterocycles. The molecule has 2 unspecified atom stereocenters. The Morgan fingerprint density at radius 1 is 1.30 bits per heavy atom. The Morgan fingerprint density at radius 2 is 2.00 bits per heavy atom. The van der Waals surface area contributed by atoms with Gasteiger partial charge in [-0.3, -0.25) is 9.69 Å². The number of carbonyl (C=O) groups excluding carboxylic acids is 1. The summed E-state index contributed by atoms with van der Waals surface area (Å²) in [5.74, 6) is -0.143. The number of morpholine rings is 1. The lowest BCUT2D eigenvalue weighted by Gasteiger charge is -2.28. The Bertz CT molecular complexity index is 461. The number of carbonyl (C=O) groups is 1. The molecule has 2 atom stereocenters. The molecule has 23 heavy (non-hydrogen) atoms. The van der Waals surface area contributed by atoms with Crippen LogP contribution in [-0.2, 0) is 9.53 Å². The third kappa shape index (κ3) is 5.94. The monoisotopic (exact) mass is 320 g/mol. The fourth-order valence-electron chi connectivity index (χ4n) is 2.91. The Labute approximate surface area is 138 Å². The SMILES string of the molecule is CCCC(C(=O)NCC(O)CN1CCOCC1)c1ccccc1. The van der Waals surface area contributed by atoms with Crippen LogP contribution in [0.15, 0.2) is 30.3 Å². The van der Waals surface area contributed by atoms with Gasteiger partial charge in [-0.2, -0.15) is 0 Å². The number of nitrogens with zero attached hydrogens (tertiary/aromatic N) is 1. The molecule has 0 radical (unpaired) electrons. The minimum absolute atomic E-state index is 0.000854. The fourth-order valence-corrected chi connectivity index (χ4v) is 2.91. The molecule has 5 heteroatoms. The number of nitrogens with one attached hydrogen (secondary N) is 1. The van der Waals surface area contributed by atoms with Crippen molar-refractivity contribution in [3.05, 3.63) is 35.9 Å². The molecule has 1 aromatic carbocycles. The van der Waals surface area contributed by atoms with Crippen molar-refractivity contribution < 1.29 is 14.6 Å². The average molecular weight is 320 g/mol. The molecule has 5 nitrogen and oxygen atoms in total. The lowest BCUT2D eigenvalue weighted by molar-refractivity contribution is -0.123. The van der Waals surface area contributed by atoms with Crippen LogP contribution in [0.25, 0.3) is 0 Å². The van der Waals surface area contributed by atoms with Gasteiger partial charge in [-0.15, -0.1) is 0 Å². The third-order valence-electron chi connectivity index (χ3n) is 4.18. The number of hydrogen-bond donors (Lipinski definition) is 2. The first-order valence-corrected chi connectivity index (χ1v) is 8.51. The standard InChI is InChI=1S/C18H28N2O3/c1-2-6-17(15-7-4-3-5-8-15)18(22)19-13-16(21)14-20-9-11-23-12-10-20/h3-5,7-8,16-17,21H,2,6,9-14H2,1H3,(H,19,22). The molecular weight excluding hydrogens is 292 g/mol. The van der Waals surface area contributed by atoms with E-state index in [4.69, 9.17) is 4.74 Å². The van der Waals surface area contributed by atoms with Crippen molar-refractivity contribution in [1.82, 2.24) is 10.2 Å². The van der Waals surface area contributed by atoms with E-state index in [1.807, 2.05) is 30.3 Å². The smallest absolute Gasteiger partial charge is 0.227 e. The van der Waals surface area contributed by atoms with Gasteiger partial charge in [-0.1, -0.05) is 43.7 Å². The van der Waals surface area contributed by atoms with E-state index in [2.05, 4.69) is 17.1 Å². The van der Waals surface area contributed by atoms with E-state index in [-0.39, 0.29) is 11.8 Å². The first kappa shape index (κ1) is 17.9. The van der Waals surface area contributed by atoms with Crippen LogP contribution in [0.4, 0.5) is 0 Å². The molecule has 0 spiro atoms. The summed E-state index contributed by atoms with van der Waals surface area (Å²) in [6, 6.07) is 9.85. The van der Waals surface area contributed by atoms with Crippen molar-refractivity contribution in [3.8, 4) is 0 Å². The van der Waals surface area contributed by atoms with Crippen LogP contribution >= 0.6 is 0 Å². The van der Waals surface area contributed by atoms with E-state index in [9.17, 15) is 9.90 Å². The molecular formula is C18H28N2O3. The van der Waals surface area contributed by atoms with Gasteiger partial charge in [0.1, 0.15) is 0 Å². The second-order valence-electron chi connectivity index (χ2n) is 6.06. The quantitative estimate of drug-likeness (QED) is 0.760. The van der Waals surface area contributed by atoms with Crippen LogP contribution in [0.5, 0.6) is 0 Å². The Morgan fingerprint density at radius 3 is 2.65 bits per heavy atom. The van der Waals surface area contributed by atoms with Gasteiger partial charge >= 0.3 is 0 Å². The second-order valence-corrected chi connectivity index (χ2v) is 6.06. The molecule has 128 valence electrons. The van der Waals surface area contributed by atoms with E-state index >= 15 is 0 Å². The first-order valence-electron chi connectivity index (χ1n) is 8.51. The molecule has 1 heterocycles. The number of aliphatic hydroxyl groups excluding tert-OH is 1. The Kier molecular flexibility index (Phi) is 7.52. The van der Waals surface area contributed by atoms with Crippen LogP contribution in [0.3, 0.4) is 0 Å². The Hall–Kier alpha value is -1.43. The van der Waals surface area contributed by atoms with Gasteiger partial charge in [0.15, 0.2) is 0 Å². The van der Waals surface area contributed by atoms with Crippen molar-refractivity contribution >= 4 is 5.91 Å². The molecule has 0 saturated carbocycles. The van der Waals surface area contributed by atoms with Gasteiger partial charge in [0, 0.05) is 26.2 Å². The highest BCUT2D eigenvalue weighted by atomic mass is 16.5. The number of aliphatic hydroxyl groups is 1. The van der Waals surface area contributed by atoms with Gasteiger partial charge < -0.3 is 15.2 Å². The minimum atomic E-state index is -0.546. The van der Waals surface area contributed by atoms with Crippen molar-refractivity contribution in [1.29, 1.82) is 0 Å². The molecule has 1 aromatic rings. The van der Waals surface area contributed by atoms with Gasteiger partial charge in [-0.05, 0) is 12.0 Å². The van der Waals surface area contributed by atoms with Crippen molar-refractivity contribution in [3.63, 3.8) is 0 Å². The minimum Gasteiger partial charge on any atom is -0.390 e. The van der Waals surface area contributed by atoms with E-state index in [1.54, 1.807) is 0 Å². The highest BCUT2D eigenvalue weighted by Gasteiger charge is 2.21. The third-order valence-corrected chi connectivity index (χ3v) is 4.18. The number of ether oxygens (including phenoxy) is 1. The maximum atomic E-state index is 12.5.